The van der Waals surface area contributed by atoms with Crippen molar-refractivity contribution in [2.24, 2.45) is 0 Å². The summed E-state index contributed by atoms with van der Waals surface area (Å²) >= 11 is 0. The van der Waals surface area contributed by atoms with Crippen LogP contribution in [-0.4, -0.2) is 18.3 Å². The Kier molecular flexibility index (Phi) is 4.62. The highest BCUT2D eigenvalue weighted by atomic mass is 32.2. The topological polar surface area (TPSA) is 130 Å². The molecule has 0 aliphatic rings. The van der Waals surface area contributed by atoms with E-state index in [0.717, 1.165) is 18.2 Å². The normalized spacial score (nSPS) is 11.9. The molecule has 0 saturated heterocycles. The average molecular weight is 352 g/mol. The van der Waals surface area contributed by atoms with E-state index in [1.807, 2.05) is 0 Å². The molecular weight excluding hydrogens is 340 g/mol. The average Bonchev–Trinajstić information content (AvgIpc) is 2.53. The van der Waals surface area contributed by atoms with Crippen LogP contribution < -0.4 is 0 Å². The van der Waals surface area contributed by atoms with Crippen LogP contribution in [-0.2, 0) is 20.2 Å². The minimum atomic E-state index is -4.77. The second-order valence-electron chi connectivity index (χ2n) is 4.79. The maximum Gasteiger partial charge on any atom is 0.621 e. The molecule has 10 heteroatoms. The number of rotatable bonds is 6. The Morgan fingerprint density at radius 3 is 1.92 bits per heavy atom. The maximum absolute atomic E-state index is 12.4. The molecular formula is C14H12N2O7S. The molecule has 0 heterocycles. The van der Waals surface area contributed by atoms with Crippen molar-refractivity contribution >= 4 is 10.1 Å². The van der Waals surface area contributed by atoms with E-state index in [9.17, 15) is 28.6 Å². The molecule has 126 valence electrons. The zero-order chi connectivity index (χ0) is 18.0. The summed E-state index contributed by atoms with van der Waals surface area (Å²) in [5.41, 5.74) is -0.275. The molecule has 0 bridgehead atoms. The van der Waals surface area contributed by atoms with Gasteiger partial charge in [-0.1, -0.05) is 36.4 Å². The largest absolute Gasteiger partial charge is 0.621 e. The van der Waals surface area contributed by atoms with Crippen molar-refractivity contribution in [3.63, 3.8) is 0 Å². The SMILES string of the molecule is Cc1ccccc1S(=O)(=O)OC(c1ccccc1)([N+](=O)[O-])[N+](=O)[O-]. The van der Waals surface area contributed by atoms with Crippen LogP contribution in [0.1, 0.15) is 11.1 Å². The fourth-order valence-corrected chi connectivity index (χ4v) is 3.40. The van der Waals surface area contributed by atoms with E-state index in [4.69, 9.17) is 0 Å². The minimum absolute atomic E-state index is 0.242. The summed E-state index contributed by atoms with van der Waals surface area (Å²) in [6, 6.07) is 11.7. The Labute approximate surface area is 136 Å². The molecule has 9 nitrogen and oxygen atoms in total. The highest BCUT2D eigenvalue weighted by Gasteiger charge is 2.64. The summed E-state index contributed by atoms with van der Waals surface area (Å²) in [7, 11) is -4.77. The number of aryl methyl sites for hydroxylation is 1. The first kappa shape index (κ1) is 17.5. The van der Waals surface area contributed by atoms with Crippen molar-refractivity contribution in [2.75, 3.05) is 0 Å². The number of benzene rings is 2. The first-order chi connectivity index (χ1) is 11.2. The van der Waals surface area contributed by atoms with E-state index in [1.165, 1.54) is 37.3 Å². The van der Waals surface area contributed by atoms with Gasteiger partial charge in [-0.2, -0.15) is 8.42 Å². The van der Waals surface area contributed by atoms with Crippen molar-refractivity contribution in [2.45, 2.75) is 17.7 Å². The van der Waals surface area contributed by atoms with E-state index in [-0.39, 0.29) is 10.5 Å². The van der Waals surface area contributed by atoms with Gasteiger partial charge in [0, 0.05) is 0 Å². The third-order valence-corrected chi connectivity index (χ3v) is 4.68. The van der Waals surface area contributed by atoms with Gasteiger partial charge in [-0.15, -0.1) is 4.18 Å². The lowest BCUT2D eigenvalue weighted by atomic mass is 10.1. The molecule has 0 N–H and O–H groups in total. The minimum Gasteiger partial charge on any atom is -0.256 e. The van der Waals surface area contributed by atoms with Gasteiger partial charge < -0.3 is 0 Å². The van der Waals surface area contributed by atoms with Crippen LogP contribution in [0, 0.1) is 27.2 Å². The van der Waals surface area contributed by atoms with Crippen molar-refractivity contribution < 1.29 is 22.4 Å². The van der Waals surface area contributed by atoms with Crippen molar-refractivity contribution in [3.05, 3.63) is 86.0 Å². The van der Waals surface area contributed by atoms with Crippen LogP contribution in [0.5, 0.6) is 0 Å². The molecule has 0 saturated carbocycles. The molecule has 0 aliphatic carbocycles. The maximum atomic E-state index is 12.4. The fourth-order valence-electron chi connectivity index (χ4n) is 2.08. The zero-order valence-electron chi connectivity index (χ0n) is 12.4. The summed E-state index contributed by atoms with van der Waals surface area (Å²) in [6.07, 6.45) is 0. The smallest absolute Gasteiger partial charge is 0.256 e. The molecule has 0 fully saturated rings. The summed E-state index contributed by atoms with van der Waals surface area (Å²) in [5, 5.41) is 22.9. The first-order valence-corrected chi connectivity index (χ1v) is 7.98. The lowest BCUT2D eigenvalue weighted by Gasteiger charge is -2.17. The van der Waals surface area contributed by atoms with E-state index in [2.05, 4.69) is 4.18 Å². The third-order valence-electron chi connectivity index (χ3n) is 3.23. The molecule has 24 heavy (non-hydrogen) atoms. The van der Waals surface area contributed by atoms with Gasteiger partial charge >= 0.3 is 16.0 Å². The van der Waals surface area contributed by atoms with E-state index >= 15 is 0 Å². The van der Waals surface area contributed by atoms with Crippen LogP contribution in [0.3, 0.4) is 0 Å². The van der Waals surface area contributed by atoms with Gasteiger partial charge in [0.25, 0.3) is 0 Å². The fraction of sp³-hybridized carbons (Fsp3) is 0.143. The van der Waals surface area contributed by atoms with Crippen molar-refractivity contribution in [1.29, 1.82) is 0 Å². The molecule has 0 aromatic heterocycles. The van der Waals surface area contributed by atoms with Crippen LogP contribution >= 0.6 is 0 Å². The second-order valence-corrected chi connectivity index (χ2v) is 6.31. The quantitative estimate of drug-likeness (QED) is 0.336. The Bertz CT molecular complexity index is 867. The Hall–Kier alpha value is -2.85. The zero-order valence-corrected chi connectivity index (χ0v) is 13.2. The number of hydrogen-bond donors (Lipinski definition) is 0. The predicted octanol–water partition coefficient (Wildman–Crippen LogP) is 2.06. The van der Waals surface area contributed by atoms with E-state index < -0.39 is 31.4 Å². The van der Waals surface area contributed by atoms with Crippen LogP contribution in [0.2, 0.25) is 0 Å². The highest BCUT2D eigenvalue weighted by molar-refractivity contribution is 7.86. The third kappa shape index (κ3) is 2.96. The van der Waals surface area contributed by atoms with Crippen LogP contribution in [0.25, 0.3) is 0 Å². The van der Waals surface area contributed by atoms with Gasteiger partial charge in [0.2, 0.25) is 0 Å². The van der Waals surface area contributed by atoms with Gasteiger partial charge in [0.1, 0.15) is 15.4 Å². The standard InChI is InChI=1S/C14H12N2O7S/c1-11-7-5-6-10-13(11)24(21,22)23-14(15(17)18,16(19)20)12-8-3-2-4-9-12/h2-10H,1H3. The number of nitro groups is 2. The van der Waals surface area contributed by atoms with Gasteiger partial charge in [-0.25, -0.2) is 0 Å². The summed E-state index contributed by atoms with van der Waals surface area (Å²) in [5.74, 6) is -3.47. The van der Waals surface area contributed by atoms with E-state index in [0.29, 0.717) is 0 Å². The van der Waals surface area contributed by atoms with Gasteiger partial charge in [0.05, 0.1) is 4.90 Å². The molecule has 0 amide bonds. The van der Waals surface area contributed by atoms with Gasteiger partial charge in [-0.05, 0) is 30.7 Å². The van der Waals surface area contributed by atoms with E-state index in [1.54, 1.807) is 6.07 Å². The van der Waals surface area contributed by atoms with Gasteiger partial charge in [0.15, 0.2) is 0 Å². The number of nitrogens with zero attached hydrogens (tertiary/aromatic N) is 2. The molecule has 0 radical (unpaired) electrons. The lowest BCUT2D eigenvalue weighted by molar-refractivity contribution is -0.854. The summed E-state index contributed by atoms with van der Waals surface area (Å²) < 4.78 is 29.4. The molecule has 2 aromatic rings. The highest BCUT2D eigenvalue weighted by Crippen LogP contribution is 2.32. The number of hydrogen-bond acceptors (Lipinski definition) is 7. The Balaban J connectivity index is 2.65. The molecule has 0 aliphatic heterocycles. The van der Waals surface area contributed by atoms with Crippen LogP contribution in [0.15, 0.2) is 59.5 Å². The molecule has 0 atom stereocenters. The Morgan fingerprint density at radius 1 is 0.917 bits per heavy atom. The second kappa shape index (κ2) is 6.34. The van der Waals surface area contributed by atoms with Gasteiger partial charge in [-0.3, -0.25) is 20.2 Å². The lowest BCUT2D eigenvalue weighted by Crippen LogP contribution is -2.47. The molecule has 2 rings (SSSR count). The predicted molar refractivity (Wildman–Crippen MR) is 81.6 cm³/mol. The van der Waals surface area contributed by atoms with Crippen molar-refractivity contribution in [1.82, 2.24) is 0 Å². The molecule has 0 spiro atoms. The Morgan fingerprint density at radius 2 is 1.42 bits per heavy atom. The molecule has 2 aromatic carbocycles. The van der Waals surface area contributed by atoms with Crippen LogP contribution in [0.4, 0.5) is 0 Å². The monoisotopic (exact) mass is 352 g/mol. The first-order valence-electron chi connectivity index (χ1n) is 6.57. The summed E-state index contributed by atoms with van der Waals surface area (Å²) in [6.45, 7) is 1.44. The summed E-state index contributed by atoms with van der Waals surface area (Å²) in [4.78, 5) is 19.7. The van der Waals surface area contributed by atoms with Crippen molar-refractivity contribution in [3.8, 4) is 0 Å². The molecule has 0 unspecified atom stereocenters.